The number of esters is 1. The van der Waals surface area contributed by atoms with Gasteiger partial charge in [-0.15, -0.1) is 23.1 Å². The monoisotopic (exact) mass is 497 g/mol. The molecule has 2 aliphatic heterocycles. The first-order valence-electron chi connectivity index (χ1n) is 9.32. The quantitative estimate of drug-likeness (QED) is 0.129. The number of carbonyl (C=O) groups excluding carboxylic acids is 4. The van der Waals surface area contributed by atoms with Crippen molar-refractivity contribution in [2.45, 2.75) is 24.8 Å². The van der Waals surface area contributed by atoms with Crippen LogP contribution in [0, 0.1) is 0 Å². The average molecular weight is 498 g/mol. The lowest BCUT2D eigenvalue weighted by atomic mass is 10.0. The third-order valence-electron chi connectivity index (χ3n) is 4.50. The zero-order valence-corrected chi connectivity index (χ0v) is 19.0. The fraction of sp³-hybridized carbons (Fsp3) is 0.389. The van der Waals surface area contributed by atoms with Crippen molar-refractivity contribution < 1.29 is 38.7 Å². The van der Waals surface area contributed by atoms with E-state index in [2.05, 4.69) is 15.5 Å². The molecule has 1 unspecified atom stereocenters. The zero-order chi connectivity index (χ0) is 24.3. The number of ketones is 1. The van der Waals surface area contributed by atoms with E-state index >= 15 is 0 Å². The van der Waals surface area contributed by atoms with Gasteiger partial charge in [0.25, 0.3) is 11.8 Å². The molecule has 4 N–H and O–H groups in total. The van der Waals surface area contributed by atoms with Gasteiger partial charge in [-0.05, 0) is 6.92 Å². The summed E-state index contributed by atoms with van der Waals surface area (Å²) in [6.45, 7) is 0.855. The SMILES string of the molecule is CO/N=C(\C(=O)NC1C(=O)N2C(C(=O)O)=C(COC(=O)CC(C)=O)CS[C@H]12)c1csc(N)n1. The van der Waals surface area contributed by atoms with Crippen LogP contribution in [-0.4, -0.2) is 81.1 Å². The van der Waals surface area contributed by atoms with Crippen molar-refractivity contribution in [3.63, 3.8) is 0 Å². The van der Waals surface area contributed by atoms with Gasteiger partial charge in [-0.3, -0.25) is 24.1 Å². The van der Waals surface area contributed by atoms with Crippen LogP contribution in [0.25, 0.3) is 0 Å². The number of amides is 2. The molecule has 2 amide bonds. The number of thiazole rings is 1. The molecule has 1 fully saturated rings. The van der Waals surface area contributed by atoms with Crippen LogP contribution in [-0.2, 0) is 33.5 Å². The molecule has 0 radical (unpaired) electrons. The molecule has 15 heteroatoms. The highest BCUT2D eigenvalue weighted by atomic mass is 32.2. The summed E-state index contributed by atoms with van der Waals surface area (Å²) in [7, 11) is 1.24. The minimum Gasteiger partial charge on any atom is -0.477 e. The number of carboxylic acids is 1. The van der Waals surface area contributed by atoms with Crippen molar-refractivity contribution in [2.24, 2.45) is 5.16 Å². The van der Waals surface area contributed by atoms with Crippen molar-refractivity contribution in [3.8, 4) is 0 Å². The van der Waals surface area contributed by atoms with Gasteiger partial charge in [-0.2, -0.15) is 0 Å². The Morgan fingerprint density at radius 3 is 2.70 bits per heavy atom. The fourth-order valence-electron chi connectivity index (χ4n) is 3.12. The minimum absolute atomic E-state index is 0.136. The molecule has 2 atom stereocenters. The van der Waals surface area contributed by atoms with E-state index in [9.17, 15) is 29.1 Å². The topological polar surface area (TPSA) is 191 Å². The number of hydrogen-bond donors (Lipinski definition) is 3. The second kappa shape index (κ2) is 9.99. The first-order chi connectivity index (χ1) is 15.6. The van der Waals surface area contributed by atoms with E-state index in [0.717, 1.165) is 16.2 Å². The van der Waals surface area contributed by atoms with Crippen molar-refractivity contribution in [1.82, 2.24) is 15.2 Å². The summed E-state index contributed by atoms with van der Waals surface area (Å²) in [6.07, 6.45) is -0.432. The van der Waals surface area contributed by atoms with Crippen LogP contribution in [0.4, 0.5) is 5.13 Å². The molecule has 0 aliphatic carbocycles. The zero-order valence-electron chi connectivity index (χ0n) is 17.4. The molecular formula is C18H19N5O8S2. The number of β-lactam (4-membered cyclic amide) rings is 1. The summed E-state index contributed by atoms with van der Waals surface area (Å²) in [4.78, 5) is 69.6. The number of oxime groups is 1. The number of anilines is 1. The summed E-state index contributed by atoms with van der Waals surface area (Å²) < 4.78 is 4.97. The Kier molecular flexibility index (Phi) is 7.33. The Labute approximate surface area is 195 Å². The molecule has 0 aromatic carbocycles. The Morgan fingerprint density at radius 2 is 2.12 bits per heavy atom. The van der Waals surface area contributed by atoms with Crippen LogP contribution in [0.3, 0.4) is 0 Å². The summed E-state index contributed by atoms with van der Waals surface area (Å²) in [5.74, 6) is -3.82. The number of aromatic nitrogens is 1. The number of ether oxygens (including phenoxy) is 1. The Hall–Kier alpha value is -3.46. The van der Waals surface area contributed by atoms with E-state index in [0.29, 0.717) is 0 Å². The van der Waals surface area contributed by atoms with Gasteiger partial charge < -0.3 is 25.7 Å². The lowest BCUT2D eigenvalue weighted by Crippen LogP contribution is -2.71. The summed E-state index contributed by atoms with van der Waals surface area (Å²) >= 11 is 2.28. The van der Waals surface area contributed by atoms with E-state index in [1.807, 2.05) is 0 Å². The third kappa shape index (κ3) is 5.14. The number of Topliss-reactive ketones (excluding diaryl/α,β-unsaturated/α-hetero) is 1. The second-order valence-electron chi connectivity index (χ2n) is 6.85. The van der Waals surface area contributed by atoms with Gasteiger partial charge in [0.05, 0.1) is 0 Å². The predicted molar refractivity (Wildman–Crippen MR) is 116 cm³/mol. The maximum Gasteiger partial charge on any atom is 0.352 e. The van der Waals surface area contributed by atoms with Crippen LogP contribution >= 0.6 is 23.1 Å². The Balaban J connectivity index is 1.73. The molecule has 1 aromatic heterocycles. The smallest absolute Gasteiger partial charge is 0.352 e. The molecule has 3 heterocycles. The van der Waals surface area contributed by atoms with Gasteiger partial charge in [0, 0.05) is 16.7 Å². The number of nitrogens with one attached hydrogen (secondary N) is 1. The Morgan fingerprint density at radius 1 is 1.39 bits per heavy atom. The first kappa shape index (κ1) is 24.2. The van der Waals surface area contributed by atoms with Gasteiger partial charge in [0.1, 0.15) is 48.7 Å². The maximum atomic E-state index is 12.7. The second-order valence-corrected chi connectivity index (χ2v) is 8.85. The van der Waals surface area contributed by atoms with E-state index in [-0.39, 0.29) is 40.2 Å². The Bertz CT molecular complexity index is 1080. The lowest BCUT2D eigenvalue weighted by Gasteiger charge is -2.49. The number of nitrogens with zero attached hydrogens (tertiary/aromatic N) is 3. The van der Waals surface area contributed by atoms with Crippen LogP contribution in [0.2, 0.25) is 0 Å². The van der Waals surface area contributed by atoms with Crippen LogP contribution in [0.1, 0.15) is 19.0 Å². The van der Waals surface area contributed by atoms with Gasteiger partial charge >= 0.3 is 11.9 Å². The van der Waals surface area contributed by atoms with E-state index in [4.69, 9.17) is 15.3 Å². The van der Waals surface area contributed by atoms with Crippen molar-refractivity contribution >= 4 is 63.5 Å². The molecule has 176 valence electrons. The molecule has 3 rings (SSSR count). The number of hydrogen-bond acceptors (Lipinski definition) is 12. The highest BCUT2D eigenvalue weighted by Gasteiger charge is 2.54. The summed E-state index contributed by atoms with van der Waals surface area (Å²) in [5, 5.41) is 16.8. The van der Waals surface area contributed by atoms with Crippen molar-refractivity contribution in [2.75, 3.05) is 25.2 Å². The molecule has 1 aromatic rings. The van der Waals surface area contributed by atoms with Gasteiger partial charge in [0.15, 0.2) is 10.8 Å². The highest BCUT2D eigenvalue weighted by Crippen LogP contribution is 2.40. The standard InChI is InChI=1S/C18H19N5O8S2/c1-7(24)3-10(25)31-4-8-5-32-16-12(15(27)23(16)13(8)17(28)29)21-14(26)11(22-30-2)9-6-33-18(19)20-9/h6,12,16H,3-5H2,1-2H3,(H2,19,20)(H,21,26)(H,28,29)/b22-11-/t12?,16-/m1/s1. The molecule has 13 nitrogen and oxygen atoms in total. The molecule has 2 aliphatic rings. The number of carbonyl (C=O) groups is 5. The summed E-state index contributed by atoms with van der Waals surface area (Å²) in [5.41, 5.74) is 5.46. The number of carboxylic acid groups (broad SMARTS) is 1. The third-order valence-corrected chi connectivity index (χ3v) is 6.51. The average Bonchev–Trinajstić information content (AvgIpc) is 3.18. The maximum absolute atomic E-state index is 12.7. The fourth-order valence-corrected chi connectivity index (χ4v) is 4.99. The van der Waals surface area contributed by atoms with Gasteiger partial charge in [-0.1, -0.05) is 5.16 Å². The molecular weight excluding hydrogens is 478 g/mol. The number of aliphatic carboxylic acids is 1. The number of fused-ring (bicyclic) bond motifs is 1. The molecule has 1 saturated heterocycles. The van der Waals surface area contributed by atoms with E-state index < -0.39 is 47.4 Å². The molecule has 33 heavy (non-hydrogen) atoms. The molecule has 0 spiro atoms. The van der Waals surface area contributed by atoms with Crippen LogP contribution in [0.5, 0.6) is 0 Å². The van der Waals surface area contributed by atoms with Crippen molar-refractivity contribution in [1.29, 1.82) is 0 Å². The number of nitrogens with two attached hydrogens (primary N) is 1. The van der Waals surface area contributed by atoms with Gasteiger partial charge in [-0.25, -0.2) is 9.78 Å². The minimum atomic E-state index is -1.38. The number of rotatable bonds is 9. The normalized spacial score (nSPS) is 20.0. The number of nitrogen functional groups attached to an aromatic ring is 1. The summed E-state index contributed by atoms with van der Waals surface area (Å²) in [6, 6.07) is -1.02. The predicted octanol–water partition coefficient (Wildman–Crippen LogP) is -0.663. The molecule has 0 bridgehead atoms. The van der Waals surface area contributed by atoms with E-state index in [1.54, 1.807) is 0 Å². The largest absolute Gasteiger partial charge is 0.477 e. The lowest BCUT2D eigenvalue weighted by molar-refractivity contribution is -0.150. The van der Waals surface area contributed by atoms with Gasteiger partial charge in [0.2, 0.25) is 0 Å². The first-order valence-corrected chi connectivity index (χ1v) is 11.2. The molecule has 0 saturated carbocycles. The highest BCUT2D eigenvalue weighted by molar-refractivity contribution is 8.00. The van der Waals surface area contributed by atoms with Crippen LogP contribution < -0.4 is 11.1 Å². The number of thioether (sulfide) groups is 1. The van der Waals surface area contributed by atoms with Crippen molar-refractivity contribution in [3.05, 3.63) is 22.3 Å². The van der Waals surface area contributed by atoms with Crippen LogP contribution in [0.15, 0.2) is 21.8 Å². The van der Waals surface area contributed by atoms with E-state index in [1.165, 1.54) is 31.2 Å².